The first-order valence-electron chi connectivity index (χ1n) is 14.0. The summed E-state index contributed by atoms with van der Waals surface area (Å²) in [5, 5.41) is 0. The van der Waals surface area contributed by atoms with Gasteiger partial charge in [-0.25, -0.2) is 14.8 Å². The maximum Gasteiger partial charge on any atom is 0.410 e. The normalized spacial score (nSPS) is 17.4. The molecule has 0 saturated carbocycles. The molecule has 1 atom stereocenters. The maximum absolute atomic E-state index is 13.9. The lowest BCUT2D eigenvalue weighted by atomic mass is 9.88. The molecule has 2 aliphatic heterocycles. The third-order valence-electron chi connectivity index (χ3n) is 7.58. The molecule has 0 bridgehead atoms. The number of ether oxygens (including phenoxy) is 1. The van der Waals surface area contributed by atoms with Crippen LogP contribution in [0.25, 0.3) is 27.8 Å². The number of hydrogen-bond acceptors (Lipinski definition) is 6. The number of carbonyl (C=O) groups is 2. The lowest BCUT2D eigenvalue weighted by Gasteiger charge is -2.31. The minimum atomic E-state index is -0.602. The Morgan fingerprint density at radius 2 is 1.83 bits per heavy atom. The Balaban J connectivity index is 1.58. The Morgan fingerprint density at radius 3 is 2.51 bits per heavy atom. The molecule has 5 rings (SSSR count). The third kappa shape index (κ3) is 6.24. The average molecular weight is 558 g/mol. The van der Waals surface area contributed by atoms with E-state index >= 15 is 0 Å². The smallest absolute Gasteiger partial charge is 0.410 e. The number of rotatable bonds is 4. The Kier molecular flexibility index (Phi) is 7.80. The van der Waals surface area contributed by atoms with E-state index in [1.807, 2.05) is 42.7 Å². The fraction of sp³-hybridized carbons (Fsp3) is 0.375. The van der Waals surface area contributed by atoms with E-state index in [9.17, 15) is 14.0 Å². The molecule has 214 valence electrons. The maximum atomic E-state index is 13.9. The first-order valence-corrected chi connectivity index (χ1v) is 14.0. The number of halogens is 1. The lowest BCUT2D eigenvalue weighted by Crippen LogP contribution is -2.36. The zero-order valence-corrected chi connectivity index (χ0v) is 24.0. The van der Waals surface area contributed by atoms with Crippen LogP contribution in [-0.4, -0.2) is 57.0 Å². The van der Waals surface area contributed by atoms with Crippen molar-refractivity contribution in [2.24, 2.45) is 0 Å². The molecule has 0 aliphatic carbocycles. The largest absolute Gasteiger partial charge is 0.444 e. The van der Waals surface area contributed by atoms with Gasteiger partial charge in [0.1, 0.15) is 11.4 Å². The topological polar surface area (TPSA) is 102 Å². The summed E-state index contributed by atoms with van der Waals surface area (Å²) in [5.41, 5.74) is 11.8. The summed E-state index contributed by atoms with van der Waals surface area (Å²) >= 11 is 0. The Labute approximate surface area is 240 Å². The van der Waals surface area contributed by atoms with Gasteiger partial charge in [0.25, 0.3) is 0 Å². The quantitative estimate of drug-likeness (QED) is 0.381. The molecule has 1 fully saturated rings. The molecular weight excluding hydrogens is 521 g/mol. The summed E-state index contributed by atoms with van der Waals surface area (Å²) in [6.07, 6.45) is 7.30. The van der Waals surface area contributed by atoms with Crippen LogP contribution >= 0.6 is 0 Å². The summed E-state index contributed by atoms with van der Waals surface area (Å²) in [6, 6.07) is 11.0. The van der Waals surface area contributed by atoms with Crippen LogP contribution in [0.15, 0.2) is 54.9 Å². The van der Waals surface area contributed by atoms with Crippen LogP contribution in [0.4, 0.5) is 15.0 Å². The number of benzene rings is 1. The molecule has 41 heavy (non-hydrogen) atoms. The predicted molar refractivity (Wildman–Crippen MR) is 157 cm³/mol. The number of aromatic nitrogens is 2. The van der Waals surface area contributed by atoms with Crippen LogP contribution in [-0.2, 0) is 9.53 Å². The average Bonchev–Trinajstić information content (AvgIpc) is 3.42. The molecule has 0 unspecified atom stereocenters. The van der Waals surface area contributed by atoms with E-state index in [1.165, 1.54) is 12.3 Å². The zero-order chi connectivity index (χ0) is 29.3. The van der Waals surface area contributed by atoms with Crippen LogP contribution in [0.5, 0.6) is 0 Å². The fourth-order valence-electron chi connectivity index (χ4n) is 5.57. The predicted octanol–water partition coefficient (Wildman–Crippen LogP) is 6.24. The first kappa shape index (κ1) is 28.3. The Hall–Kier alpha value is -4.27. The van der Waals surface area contributed by atoms with E-state index < -0.39 is 11.5 Å². The first-order chi connectivity index (χ1) is 19.5. The molecule has 2 aromatic heterocycles. The number of nitrogens with zero attached hydrogens (tertiary/aromatic N) is 4. The van der Waals surface area contributed by atoms with E-state index in [0.29, 0.717) is 36.6 Å². The molecule has 2 amide bonds. The van der Waals surface area contributed by atoms with Crippen molar-refractivity contribution in [2.45, 2.75) is 58.6 Å². The number of likely N-dealkylation sites (tertiary alicyclic amines) is 1. The highest BCUT2D eigenvalue weighted by atomic mass is 19.1. The van der Waals surface area contributed by atoms with Gasteiger partial charge in [-0.2, -0.15) is 4.39 Å². The van der Waals surface area contributed by atoms with Gasteiger partial charge >= 0.3 is 6.09 Å². The molecule has 8 nitrogen and oxygen atoms in total. The number of amides is 2. The second-order valence-corrected chi connectivity index (χ2v) is 11.6. The minimum Gasteiger partial charge on any atom is -0.444 e. The zero-order valence-electron chi connectivity index (χ0n) is 24.0. The molecule has 4 heterocycles. The van der Waals surface area contributed by atoms with Gasteiger partial charge in [0.2, 0.25) is 11.9 Å². The van der Waals surface area contributed by atoms with Crippen LogP contribution < -0.4 is 5.73 Å². The van der Waals surface area contributed by atoms with Gasteiger partial charge in [-0.1, -0.05) is 18.2 Å². The van der Waals surface area contributed by atoms with E-state index in [1.54, 1.807) is 19.2 Å². The van der Waals surface area contributed by atoms with Crippen molar-refractivity contribution in [3.63, 3.8) is 0 Å². The molecule has 3 aromatic rings. The molecule has 1 saturated heterocycles. The number of carbonyl (C=O) groups excluding carboxylic acids is 2. The van der Waals surface area contributed by atoms with Gasteiger partial charge in [0.05, 0.1) is 6.04 Å². The second kappa shape index (κ2) is 11.3. The third-order valence-corrected chi connectivity index (χ3v) is 7.58. The number of nitrogen functional groups attached to an aromatic ring is 1. The van der Waals surface area contributed by atoms with Crippen molar-refractivity contribution in [1.29, 1.82) is 0 Å². The van der Waals surface area contributed by atoms with Crippen molar-refractivity contribution in [3.05, 3.63) is 71.9 Å². The summed E-state index contributed by atoms with van der Waals surface area (Å²) in [7, 11) is 0. The molecule has 2 N–H and O–H groups in total. The summed E-state index contributed by atoms with van der Waals surface area (Å²) in [6.45, 7) is 9.02. The lowest BCUT2D eigenvalue weighted by molar-refractivity contribution is -0.128. The van der Waals surface area contributed by atoms with Crippen molar-refractivity contribution in [3.8, 4) is 22.3 Å². The minimum absolute atomic E-state index is 0.0588. The van der Waals surface area contributed by atoms with Crippen LogP contribution in [0.1, 0.15) is 64.1 Å². The molecule has 1 aromatic carbocycles. The van der Waals surface area contributed by atoms with Gasteiger partial charge in [0, 0.05) is 56.1 Å². The SMILES string of the molecule is CC(=O)N1CC=C(c2ccc(-c3cnc(N)c(-c4ccnc(F)c4)c3)cc2[C@@H]2CCCN2C(=O)OC(C)(C)C)CC1. The number of nitrogens with two attached hydrogens (primary N) is 1. The van der Waals surface area contributed by atoms with Gasteiger partial charge in [-0.3, -0.25) is 4.79 Å². The highest BCUT2D eigenvalue weighted by Crippen LogP contribution is 2.41. The molecule has 2 aliphatic rings. The molecule has 9 heteroatoms. The second-order valence-electron chi connectivity index (χ2n) is 11.6. The Bertz CT molecular complexity index is 1510. The van der Waals surface area contributed by atoms with Crippen LogP contribution in [0.3, 0.4) is 0 Å². The van der Waals surface area contributed by atoms with Crippen LogP contribution in [0.2, 0.25) is 0 Å². The summed E-state index contributed by atoms with van der Waals surface area (Å²) in [4.78, 5) is 36.9. The van der Waals surface area contributed by atoms with Gasteiger partial charge in [-0.05, 0) is 86.1 Å². The molecule has 0 spiro atoms. The fourth-order valence-corrected chi connectivity index (χ4v) is 5.57. The van der Waals surface area contributed by atoms with Crippen molar-refractivity contribution < 1.29 is 18.7 Å². The number of hydrogen-bond donors (Lipinski definition) is 1. The number of pyridine rings is 2. The van der Waals surface area contributed by atoms with E-state index in [2.05, 4.69) is 28.2 Å². The van der Waals surface area contributed by atoms with Gasteiger partial charge in [0.15, 0.2) is 0 Å². The highest BCUT2D eigenvalue weighted by Gasteiger charge is 2.35. The molecule has 0 radical (unpaired) electrons. The summed E-state index contributed by atoms with van der Waals surface area (Å²) < 4.78 is 19.7. The van der Waals surface area contributed by atoms with Crippen LogP contribution in [0, 0.1) is 5.95 Å². The van der Waals surface area contributed by atoms with Crippen molar-refractivity contribution in [1.82, 2.24) is 19.8 Å². The summed E-state index contributed by atoms with van der Waals surface area (Å²) in [5.74, 6) is -0.236. The van der Waals surface area contributed by atoms with Gasteiger partial charge < -0.3 is 20.3 Å². The molecular formula is C32H36FN5O3. The van der Waals surface area contributed by atoms with E-state index in [0.717, 1.165) is 47.1 Å². The van der Waals surface area contributed by atoms with Crippen molar-refractivity contribution >= 4 is 23.4 Å². The van der Waals surface area contributed by atoms with Gasteiger partial charge in [-0.15, -0.1) is 0 Å². The van der Waals surface area contributed by atoms with Crippen molar-refractivity contribution in [2.75, 3.05) is 25.4 Å². The van der Waals surface area contributed by atoms with E-state index in [-0.39, 0.29) is 18.0 Å². The van der Waals surface area contributed by atoms with E-state index in [4.69, 9.17) is 10.5 Å². The standard InChI is InChI=1S/C32H36FN5O3/c1-20(39)37-14-10-21(11-15-37)25-8-7-22(16-27(25)28-6-5-13-38(28)31(40)41-32(2,3)4)24-17-26(30(34)36-19-24)23-9-12-35-29(33)18-23/h7-10,12,16-19,28H,5-6,11,13-15H2,1-4H3,(H2,34,36)/t28-/m0/s1. The highest BCUT2D eigenvalue weighted by molar-refractivity contribution is 5.82. The number of anilines is 1. The monoisotopic (exact) mass is 557 g/mol. The Morgan fingerprint density at radius 1 is 1.02 bits per heavy atom.